The van der Waals surface area contributed by atoms with Gasteiger partial charge in [0.2, 0.25) is 0 Å². The van der Waals surface area contributed by atoms with Crippen molar-refractivity contribution in [1.29, 1.82) is 0 Å². The Bertz CT molecular complexity index is 525. The normalized spacial score (nSPS) is 12.7. The molecule has 96 valence electrons. The first-order chi connectivity index (χ1) is 8.63. The second-order valence-corrected chi connectivity index (χ2v) is 3.65. The molecule has 0 aliphatic carbocycles. The summed E-state index contributed by atoms with van der Waals surface area (Å²) in [6.07, 6.45) is 1.22. The number of quaternary nitrogens is 1. The van der Waals surface area contributed by atoms with Gasteiger partial charge in [-0.05, 0) is 24.3 Å². The number of aromatic nitrogens is 2. The standard InChI is InChI=1S/C11H12FN3O3/c12-9-3-1-8(2-4-9)11-13-7-10(15(17)18)14(11)5-6-16/h1-4,7,15-17H,5-6H2. The van der Waals surface area contributed by atoms with Gasteiger partial charge in [0.1, 0.15) is 17.8 Å². The minimum absolute atomic E-state index is 0.0108. The summed E-state index contributed by atoms with van der Waals surface area (Å²) in [6, 6.07) is 5.57. The number of imidazole rings is 1. The first-order valence-electron chi connectivity index (χ1n) is 5.29. The predicted octanol–water partition coefficient (Wildman–Crippen LogP) is 0.0849. The molecule has 2 rings (SSSR count). The number of halogens is 1. The molecule has 1 aromatic heterocycles. The van der Waals surface area contributed by atoms with Crippen LogP contribution in [0.4, 0.5) is 10.2 Å². The molecule has 0 amide bonds. The molecule has 0 saturated carbocycles. The average molecular weight is 253 g/mol. The molecule has 1 aromatic carbocycles. The number of rotatable bonds is 4. The first kappa shape index (κ1) is 12.7. The van der Waals surface area contributed by atoms with E-state index in [1.807, 2.05) is 0 Å². The van der Waals surface area contributed by atoms with Crippen LogP contribution in [0.25, 0.3) is 11.4 Å². The Hall–Kier alpha value is -1.80. The van der Waals surface area contributed by atoms with E-state index < -0.39 is 5.23 Å². The molecule has 0 saturated heterocycles. The van der Waals surface area contributed by atoms with E-state index in [9.17, 15) is 9.60 Å². The molecule has 6 nitrogen and oxygen atoms in total. The highest BCUT2D eigenvalue weighted by molar-refractivity contribution is 5.57. The summed E-state index contributed by atoms with van der Waals surface area (Å²) < 4.78 is 14.2. The van der Waals surface area contributed by atoms with Crippen LogP contribution >= 0.6 is 0 Å². The van der Waals surface area contributed by atoms with E-state index in [0.717, 1.165) is 0 Å². The lowest BCUT2D eigenvalue weighted by molar-refractivity contribution is -0.994. The molecule has 1 unspecified atom stereocenters. The average Bonchev–Trinajstić information content (AvgIpc) is 2.74. The number of hydrogen-bond donors (Lipinski definition) is 3. The van der Waals surface area contributed by atoms with Crippen molar-refractivity contribution in [2.45, 2.75) is 6.54 Å². The van der Waals surface area contributed by atoms with Gasteiger partial charge >= 0.3 is 0 Å². The molecule has 0 fully saturated rings. The van der Waals surface area contributed by atoms with E-state index in [4.69, 9.17) is 10.3 Å². The molecule has 0 bridgehead atoms. The van der Waals surface area contributed by atoms with Crippen LogP contribution in [0, 0.1) is 11.0 Å². The van der Waals surface area contributed by atoms with Crippen molar-refractivity contribution in [3.63, 3.8) is 0 Å². The number of nitrogens with zero attached hydrogens (tertiary/aromatic N) is 2. The van der Waals surface area contributed by atoms with Crippen molar-refractivity contribution in [2.24, 2.45) is 0 Å². The molecule has 18 heavy (non-hydrogen) atoms. The Morgan fingerprint density at radius 3 is 2.56 bits per heavy atom. The molecule has 2 aromatic rings. The molecule has 3 N–H and O–H groups in total. The lowest BCUT2D eigenvalue weighted by Crippen LogP contribution is -2.99. The van der Waals surface area contributed by atoms with Crippen molar-refractivity contribution >= 4 is 5.82 Å². The summed E-state index contributed by atoms with van der Waals surface area (Å²) in [7, 11) is 0. The smallest absolute Gasteiger partial charge is 0.259 e. The van der Waals surface area contributed by atoms with Crippen molar-refractivity contribution in [2.75, 3.05) is 6.61 Å². The second kappa shape index (κ2) is 5.23. The zero-order valence-corrected chi connectivity index (χ0v) is 9.38. The Balaban J connectivity index is 2.47. The van der Waals surface area contributed by atoms with Crippen LogP contribution in [0.5, 0.6) is 0 Å². The zero-order valence-electron chi connectivity index (χ0n) is 9.38. The van der Waals surface area contributed by atoms with Crippen LogP contribution in [0.15, 0.2) is 30.5 Å². The van der Waals surface area contributed by atoms with E-state index in [2.05, 4.69) is 4.98 Å². The molecule has 0 aliphatic heterocycles. The van der Waals surface area contributed by atoms with Gasteiger partial charge in [0.05, 0.1) is 13.2 Å². The Morgan fingerprint density at radius 2 is 2.00 bits per heavy atom. The van der Waals surface area contributed by atoms with Crippen molar-refractivity contribution in [3.05, 3.63) is 41.5 Å². The van der Waals surface area contributed by atoms with Gasteiger partial charge in [-0.15, -0.1) is 0 Å². The van der Waals surface area contributed by atoms with Gasteiger partial charge in [0.25, 0.3) is 5.82 Å². The van der Waals surface area contributed by atoms with E-state index in [1.54, 1.807) is 0 Å². The summed E-state index contributed by atoms with van der Waals surface area (Å²) in [5.74, 6) is 0.00213. The van der Waals surface area contributed by atoms with Crippen molar-refractivity contribution in [3.8, 4) is 11.4 Å². The number of nitrogens with one attached hydrogen (secondary N) is 1. The van der Waals surface area contributed by atoms with Crippen LogP contribution in [0.1, 0.15) is 0 Å². The largest absolute Gasteiger partial charge is 0.594 e. The highest BCUT2D eigenvalue weighted by Crippen LogP contribution is 2.20. The van der Waals surface area contributed by atoms with Gasteiger partial charge < -0.3 is 10.3 Å². The van der Waals surface area contributed by atoms with E-state index in [0.29, 0.717) is 11.4 Å². The number of benzene rings is 1. The summed E-state index contributed by atoms with van der Waals surface area (Å²) in [4.78, 5) is 4.00. The topological polar surface area (TPSA) is 85.8 Å². The summed E-state index contributed by atoms with van der Waals surface area (Å²) in [5, 5.41) is 27.8. The maximum absolute atomic E-state index is 12.8. The molecule has 1 heterocycles. The van der Waals surface area contributed by atoms with Crippen molar-refractivity contribution < 1.29 is 19.9 Å². The monoisotopic (exact) mass is 253 g/mol. The predicted molar refractivity (Wildman–Crippen MR) is 60.5 cm³/mol. The van der Waals surface area contributed by atoms with E-state index in [1.165, 1.54) is 35.0 Å². The third-order valence-corrected chi connectivity index (χ3v) is 2.50. The molecular formula is C11H12FN3O3. The minimum atomic E-state index is -1.12. The Kier molecular flexibility index (Phi) is 3.68. The van der Waals surface area contributed by atoms with Crippen molar-refractivity contribution in [1.82, 2.24) is 9.55 Å². The van der Waals surface area contributed by atoms with Gasteiger partial charge in [-0.2, -0.15) is 5.23 Å². The third kappa shape index (κ3) is 2.39. The molecule has 0 aliphatic rings. The van der Waals surface area contributed by atoms with E-state index >= 15 is 0 Å². The molecule has 7 heteroatoms. The number of aliphatic hydroxyl groups excluding tert-OH is 1. The fourth-order valence-electron chi connectivity index (χ4n) is 1.70. The van der Waals surface area contributed by atoms with Crippen LogP contribution < -0.4 is 5.23 Å². The van der Waals surface area contributed by atoms with Gasteiger partial charge in [0, 0.05) is 5.56 Å². The second-order valence-electron chi connectivity index (χ2n) is 3.65. The highest BCUT2D eigenvalue weighted by atomic mass is 19.1. The quantitative estimate of drug-likeness (QED) is 0.674. The fourth-order valence-corrected chi connectivity index (χ4v) is 1.70. The maximum atomic E-state index is 12.8. The Labute approximate surface area is 102 Å². The third-order valence-electron chi connectivity index (χ3n) is 2.50. The van der Waals surface area contributed by atoms with Crippen LogP contribution in [0.2, 0.25) is 0 Å². The van der Waals surface area contributed by atoms with Gasteiger partial charge in [0.15, 0.2) is 0 Å². The van der Waals surface area contributed by atoms with Crippen LogP contribution in [-0.4, -0.2) is 26.5 Å². The first-order valence-corrected chi connectivity index (χ1v) is 5.29. The van der Waals surface area contributed by atoms with E-state index in [-0.39, 0.29) is 24.8 Å². The van der Waals surface area contributed by atoms with Crippen LogP contribution in [-0.2, 0) is 6.54 Å². The fraction of sp³-hybridized carbons (Fsp3) is 0.182. The minimum Gasteiger partial charge on any atom is -0.594 e. The molecular weight excluding hydrogens is 241 g/mol. The summed E-state index contributed by atoms with van der Waals surface area (Å²) in [6.45, 7) is -0.0841. The molecule has 0 spiro atoms. The lowest BCUT2D eigenvalue weighted by atomic mass is 10.2. The van der Waals surface area contributed by atoms with Gasteiger partial charge in [-0.1, -0.05) is 0 Å². The lowest BCUT2D eigenvalue weighted by Gasteiger charge is -2.14. The summed E-state index contributed by atoms with van der Waals surface area (Å²) >= 11 is 0. The molecule has 1 atom stereocenters. The number of aliphatic hydroxyl groups is 1. The van der Waals surface area contributed by atoms with Crippen LogP contribution in [0.3, 0.4) is 0 Å². The SMILES string of the molecule is [O-][NH+](O)c1cnc(-c2ccc(F)cc2)n1CCO. The number of hydrogen-bond acceptors (Lipinski definition) is 4. The van der Waals surface area contributed by atoms with Gasteiger partial charge in [-0.3, -0.25) is 4.57 Å². The summed E-state index contributed by atoms with van der Waals surface area (Å²) in [5.41, 5.74) is 0.595. The van der Waals surface area contributed by atoms with Gasteiger partial charge in [-0.25, -0.2) is 14.6 Å². The molecule has 0 radical (unpaired) electrons. The highest BCUT2D eigenvalue weighted by Gasteiger charge is 2.16. The Morgan fingerprint density at radius 1 is 1.33 bits per heavy atom. The maximum Gasteiger partial charge on any atom is 0.259 e. The zero-order chi connectivity index (χ0) is 13.1.